The highest BCUT2D eigenvalue weighted by atomic mass is 16.5. The molecular weight excluding hydrogens is 234 g/mol. The third-order valence-corrected chi connectivity index (χ3v) is 4.29. The summed E-state index contributed by atoms with van der Waals surface area (Å²) in [6, 6.07) is 9.04. The monoisotopic (exact) mass is 259 g/mol. The molecule has 0 spiro atoms. The van der Waals surface area contributed by atoms with E-state index < -0.39 is 0 Å². The summed E-state index contributed by atoms with van der Waals surface area (Å²) in [5.41, 5.74) is 4.61. The Morgan fingerprint density at radius 1 is 1.26 bits per heavy atom. The molecule has 19 heavy (non-hydrogen) atoms. The molecule has 0 unspecified atom stereocenters. The lowest BCUT2D eigenvalue weighted by Crippen LogP contribution is -2.39. The summed E-state index contributed by atoms with van der Waals surface area (Å²) in [6.07, 6.45) is 3.48. The summed E-state index contributed by atoms with van der Waals surface area (Å²) in [7, 11) is 3.96. The van der Waals surface area contributed by atoms with Crippen molar-refractivity contribution in [3.05, 3.63) is 41.0 Å². The summed E-state index contributed by atoms with van der Waals surface area (Å²) in [5, 5.41) is 0. The van der Waals surface area contributed by atoms with Gasteiger partial charge in [-0.05, 0) is 50.9 Å². The van der Waals surface area contributed by atoms with E-state index in [-0.39, 0.29) is 0 Å². The average Bonchev–Trinajstić information content (AvgIpc) is 2.44. The van der Waals surface area contributed by atoms with Gasteiger partial charge in [-0.1, -0.05) is 30.2 Å². The maximum atomic E-state index is 5.22. The van der Waals surface area contributed by atoms with Crippen LogP contribution in [-0.2, 0) is 6.42 Å². The van der Waals surface area contributed by atoms with Crippen molar-refractivity contribution >= 4 is 0 Å². The molecule has 0 fully saturated rings. The van der Waals surface area contributed by atoms with Gasteiger partial charge in [0.15, 0.2) is 0 Å². The Morgan fingerprint density at radius 3 is 2.53 bits per heavy atom. The lowest BCUT2D eigenvalue weighted by atomic mass is 9.88. The second-order valence-electron chi connectivity index (χ2n) is 5.46. The van der Waals surface area contributed by atoms with Crippen molar-refractivity contribution in [3.63, 3.8) is 0 Å². The number of methoxy groups -OCH3 is 1. The SMILES string of the molecule is CCC1=C(C)CCN(C)[C@H]1Cc1ccc(OC)cc1. The van der Waals surface area contributed by atoms with Crippen molar-refractivity contribution < 1.29 is 4.74 Å². The van der Waals surface area contributed by atoms with E-state index in [1.165, 1.54) is 18.5 Å². The van der Waals surface area contributed by atoms with Crippen molar-refractivity contribution in [1.82, 2.24) is 4.90 Å². The first-order valence-corrected chi connectivity index (χ1v) is 7.17. The van der Waals surface area contributed by atoms with Crippen LogP contribution >= 0.6 is 0 Å². The minimum Gasteiger partial charge on any atom is -0.497 e. The zero-order valence-corrected chi connectivity index (χ0v) is 12.6. The van der Waals surface area contributed by atoms with Crippen LogP contribution in [0.1, 0.15) is 32.3 Å². The highest BCUT2D eigenvalue weighted by Gasteiger charge is 2.24. The number of rotatable bonds is 4. The van der Waals surface area contributed by atoms with Gasteiger partial charge in [0.05, 0.1) is 7.11 Å². The first kappa shape index (κ1) is 14.1. The third kappa shape index (κ3) is 3.19. The maximum Gasteiger partial charge on any atom is 0.118 e. The zero-order valence-electron chi connectivity index (χ0n) is 12.6. The van der Waals surface area contributed by atoms with E-state index in [4.69, 9.17) is 4.74 Å². The van der Waals surface area contributed by atoms with Gasteiger partial charge in [-0.3, -0.25) is 4.90 Å². The van der Waals surface area contributed by atoms with Gasteiger partial charge in [-0.2, -0.15) is 0 Å². The number of likely N-dealkylation sites (N-methyl/N-ethyl adjacent to an activating group) is 1. The molecule has 1 aliphatic rings. The lowest BCUT2D eigenvalue weighted by molar-refractivity contribution is 0.251. The number of nitrogens with zero attached hydrogens (tertiary/aromatic N) is 1. The topological polar surface area (TPSA) is 12.5 Å². The molecule has 104 valence electrons. The fourth-order valence-electron chi connectivity index (χ4n) is 3.01. The number of hydrogen-bond acceptors (Lipinski definition) is 2. The standard InChI is InChI=1S/C17H25NO/c1-5-16-13(2)10-11-18(3)17(16)12-14-6-8-15(19-4)9-7-14/h6-9,17H,5,10-12H2,1-4H3/t17-/m0/s1. The first-order chi connectivity index (χ1) is 9.15. The number of hydrogen-bond donors (Lipinski definition) is 0. The molecule has 1 aromatic carbocycles. The van der Waals surface area contributed by atoms with Crippen molar-refractivity contribution in [2.75, 3.05) is 20.7 Å². The quantitative estimate of drug-likeness (QED) is 0.765. The van der Waals surface area contributed by atoms with Gasteiger partial charge in [-0.25, -0.2) is 0 Å². The van der Waals surface area contributed by atoms with Crippen molar-refractivity contribution in [3.8, 4) is 5.75 Å². The summed E-state index contributed by atoms with van der Waals surface area (Å²) >= 11 is 0. The van der Waals surface area contributed by atoms with Crippen LogP contribution in [0, 0.1) is 0 Å². The van der Waals surface area contributed by atoms with Gasteiger partial charge in [0.1, 0.15) is 5.75 Å². The Labute approximate surface area is 117 Å². The van der Waals surface area contributed by atoms with Gasteiger partial charge in [0.2, 0.25) is 0 Å². The van der Waals surface area contributed by atoms with Crippen LogP contribution in [0.25, 0.3) is 0 Å². The minimum absolute atomic E-state index is 0.562. The molecule has 0 aromatic heterocycles. The molecule has 2 nitrogen and oxygen atoms in total. The van der Waals surface area contributed by atoms with Crippen molar-refractivity contribution in [2.45, 2.75) is 39.2 Å². The molecule has 0 amide bonds. The van der Waals surface area contributed by atoms with Crippen LogP contribution in [0.5, 0.6) is 5.75 Å². The molecule has 1 atom stereocenters. The second-order valence-corrected chi connectivity index (χ2v) is 5.46. The minimum atomic E-state index is 0.562. The van der Waals surface area contributed by atoms with Gasteiger partial charge in [-0.15, -0.1) is 0 Å². The van der Waals surface area contributed by atoms with E-state index in [1.54, 1.807) is 18.3 Å². The molecule has 1 heterocycles. The largest absolute Gasteiger partial charge is 0.497 e. The molecule has 2 rings (SSSR count). The Kier molecular flexibility index (Phi) is 4.65. The van der Waals surface area contributed by atoms with Gasteiger partial charge in [0, 0.05) is 12.6 Å². The fourth-order valence-corrected chi connectivity index (χ4v) is 3.01. The van der Waals surface area contributed by atoms with Crippen LogP contribution in [-0.4, -0.2) is 31.6 Å². The van der Waals surface area contributed by atoms with E-state index in [2.05, 4.69) is 50.1 Å². The lowest BCUT2D eigenvalue weighted by Gasteiger charge is -2.36. The van der Waals surface area contributed by atoms with Crippen LogP contribution in [0.4, 0.5) is 0 Å². The second kappa shape index (κ2) is 6.25. The Balaban J connectivity index is 2.17. The van der Waals surface area contributed by atoms with Crippen molar-refractivity contribution in [1.29, 1.82) is 0 Å². The fraction of sp³-hybridized carbons (Fsp3) is 0.529. The number of ether oxygens (including phenoxy) is 1. The normalized spacial score (nSPS) is 20.7. The maximum absolute atomic E-state index is 5.22. The summed E-state index contributed by atoms with van der Waals surface area (Å²) < 4.78 is 5.22. The highest BCUT2D eigenvalue weighted by Crippen LogP contribution is 2.28. The average molecular weight is 259 g/mol. The van der Waals surface area contributed by atoms with Crippen molar-refractivity contribution in [2.24, 2.45) is 0 Å². The molecular formula is C17H25NO. The summed E-state index contributed by atoms with van der Waals surface area (Å²) in [5.74, 6) is 0.934. The van der Waals surface area contributed by atoms with Gasteiger partial charge >= 0.3 is 0 Å². The molecule has 0 saturated carbocycles. The smallest absolute Gasteiger partial charge is 0.118 e. The van der Waals surface area contributed by atoms with E-state index in [0.29, 0.717) is 6.04 Å². The summed E-state index contributed by atoms with van der Waals surface area (Å²) in [4.78, 5) is 2.50. The highest BCUT2D eigenvalue weighted by molar-refractivity contribution is 5.30. The van der Waals surface area contributed by atoms with Crippen LogP contribution < -0.4 is 4.74 Å². The number of benzene rings is 1. The van der Waals surface area contributed by atoms with Crippen LogP contribution in [0.2, 0.25) is 0 Å². The molecule has 2 heteroatoms. The van der Waals surface area contributed by atoms with E-state index in [9.17, 15) is 0 Å². The Morgan fingerprint density at radius 2 is 1.95 bits per heavy atom. The zero-order chi connectivity index (χ0) is 13.8. The van der Waals surface area contributed by atoms with Gasteiger partial charge < -0.3 is 4.74 Å². The molecule has 0 N–H and O–H groups in total. The Bertz CT molecular complexity index is 447. The molecule has 0 bridgehead atoms. The molecule has 0 aliphatic carbocycles. The van der Waals surface area contributed by atoms with Crippen LogP contribution in [0.15, 0.2) is 35.4 Å². The predicted octanol–water partition coefficient (Wildman–Crippen LogP) is 3.67. The van der Waals surface area contributed by atoms with E-state index >= 15 is 0 Å². The molecule has 0 radical (unpaired) electrons. The molecule has 1 aliphatic heterocycles. The molecule has 1 aromatic rings. The van der Waals surface area contributed by atoms with E-state index in [0.717, 1.165) is 18.6 Å². The molecule has 0 saturated heterocycles. The van der Waals surface area contributed by atoms with Gasteiger partial charge in [0.25, 0.3) is 0 Å². The van der Waals surface area contributed by atoms with Crippen LogP contribution in [0.3, 0.4) is 0 Å². The Hall–Kier alpha value is -1.28. The van der Waals surface area contributed by atoms with E-state index in [1.807, 2.05) is 0 Å². The third-order valence-electron chi connectivity index (χ3n) is 4.29. The predicted molar refractivity (Wildman–Crippen MR) is 80.7 cm³/mol. The summed E-state index contributed by atoms with van der Waals surface area (Å²) in [6.45, 7) is 5.75. The first-order valence-electron chi connectivity index (χ1n) is 7.17.